The van der Waals surface area contributed by atoms with Crippen LogP contribution in [0.5, 0.6) is 0 Å². The van der Waals surface area contributed by atoms with Crippen LogP contribution in [-0.4, -0.2) is 16.1 Å². The second kappa shape index (κ2) is 6.13. The van der Waals surface area contributed by atoms with Crippen LogP contribution < -0.4 is 5.32 Å². The van der Waals surface area contributed by atoms with Crippen molar-refractivity contribution in [1.82, 2.24) is 10.3 Å². The Morgan fingerprint density at radius 3 is 3.00 bits per heavy atom. The Hall–Kier alpha value is -1.17. The van der Waals surface area contributed by atoms with Crippen LogP contribution in [0.4, 0.5) is 0 Å². The summed E-state index contributed by atoms with van der Waals surface area (Å²) in [5.41, 5.74) is 0. The second-order valence-corrected chi connectivity index (χ2v) is 5.71. The number of hydrogen-bond donors (Lipinski definition) is 2. The predicted molar refractivity (Wildman–Crippen MR) is 71.4 cm³/mol. The summed E-state index contributed by atoms with van der Waals surface area (Å²) in [6, 6.07) is 3.80. The zero-order chi connectivity index (χ0) is 13.0. The molecule has 2 aromatic heterocycles. The lowest BCUT2D eigenvalue weighted by Crippen LogP contribution is -2.27. The maximum atomic E-state index is 9.94. The molecule has 2 aromatic rings. The van der Waals surface area contributed by atoms with E-state index in [0.717, 1.165) is 11.6 Å². The van der Waals surface area contributed by atoms with Gasteiger partial charge in [-0.25, -0.2) is 4.98 Å². The van der Waals surface area contributed by atoms with E-state index in [4.69, 9.17) is 4.42 Å². The van der Waals surface area contributed by atoms with Gasteiger partial charge >= 0.3 is 0 Å². The minimum Gasteiger partial charge on any atom is -0.467 e. The van der Waals surface area contributed by atoms with Crippen LogP contribution in [0.2, 0.25) is 0 Å². The monoisotopic (exact) mass is 266 g/mol. The average molecular weight is 266 g/mol. The molecule has 0 aliphatic carbocycles. The van der Waals surface area contributed by atoms with Crippen molar-refractivity contribution < 1.29 is 9.52 Å². The fraction of sp³-hybridized carbons (Fsp3) is 0.462. The third-order valence-corrected chi connectivity index (χ3v) is 3.66. The van der Waals surface area contributed by atoms with Crippen molar-refractivity contribution in [3.63, 3.8) is 0 Å². The van der Waals surface area contributed by atoms with E-state index in [1.807, 2.05) is 13.1 Å². The Labute approximate surface area is 111 Å². The lowest BCUT2D eigenvalue weighted by atomic mass is 10.1. The van der Waals surface area contributed by atoms with Gasteiger partial charge in [0, 0.05) is 23.7 Å². The molecule has 2 N–H and O–H groups in total. The fourth-order valence-electron chi connectivity index (χ4n) is 1.78. The zero-order valence-corrected chi connectivity index (χ0v) is 11.4. The maximum absolute atomic E-state index is 9.94. The van der Waals surface area contributed by atoms with Crippen molar-refractivity contribution in [3.8, 4) is 0 Å². The molecule has 2 rings (SSSR count). The van der Waals surface area contributed by atoms with Gasteiger partial charge in [-0.05, 0) is 32.4 Å². The summed E-state index contributed by atoms with van der Waals surface area (Å²) in [5, 5.41) is 14.4. The molecule has 0 bridgehead atoms. The zero-order valence-electron chi connectivity index (χ0n) is 10.6. The Morgan fingerprint density at radius 2 is 2.39 bits per heavy atom. The highest BCUT2D eigenvalue weighted by Crippen LogP contribution is 2.19. The van der Waals surface area contributed by atoms with E-state index >= 15 is 0 Å². The summed E-state index contributed by atoms with van der Waals surface area (Å²) >= 11 is 1.69. The molecule has 0 saturated heterocycles. The third-order valence-electron chi connectivity index (χ3n) is 2.74. The van der Waals surface area contributed by atoms with Crippen LogP contribution in [0, 0.1) is 6.92 Å². The largest absolute Gasteiger partial charge is 0.467 e. The van der Waals surface area contributed by atoms with E-state index in [-0.39, 0.29) is 6.04 Å². The van der Waals surface area contributed by atoms with Crippen molar-refractivity contribution >= 4 is 11.3 Å². The Balaban J connectivity index is 1.76. The van der Waals surface area contributed by atoms with Crippen molar-refractivity contribution in [2.75, 3.05) is 0 Å². The number of hydrogen-bond acceptors (Lipinski definition) is 5. The van der Waals surface area contributed by atoms with Gasteiger partial charge in [-0.3, -0.25) is 0 Å². The van der Waals surface area contributed by atoms with Gasteiger partial charge in [0.05, 0.1) is 11.3 Å². The SMILES string of the molecule is Cc1ncc(CNC(C)CC(O)c2ccco2)s1. The molecule has 0 aliphatic heterocycles. The highest BCUT2D eigenvalue weighted by Gasteiger charge is 2.14. The fourth-order valence-corrected chi connectivity index (χ4v) is 2.52. The highest BCUT2D eigenvalue weighted by molar-refractivity contribution is 7.11. The topological polar surface area (TPSA) is 58.3 Å². The molecule has 0 radical (unpaired) electrons. The van der Waals surface area contributed by atoms with Crippen molar-refractivity contribution in [1.29, 1.82) is 0 Å². The molecule has 98 valence electrons. The Morgan fingerprint density at radius 1 is 1.56 bits per heavy atom. The number of aliphatic hydroxyl groups is 1. The standard InChI is InChI=1S/C13H18N2O2S/c1-9(6-12(16)13-4-3-5-17-13)14-7-11-8-15-10(2)18-11/h3-5,8-9,12,14,16H,6-7H2,1-2H3. The molecular weight excluding hydrogens is 248 g/mol. The first-order valence-corrected chi connectivity index (χ1v) is 6.83. The molecule has 2 unspecified atom stereocenters. The number of nitrogens with zero attached hydrogens (tertiary/aromatic N) is 1. The number of rotatable bonds is 6. The van der Waals surface area contributed by atoms with Gasteiger partial charge in [0.15, 0.2) is 0 Å². The number of nitrogens with one attached hydrogen (secondary N) is 1. The quantitative estimate of drug-likeness (QED) is 0.844. The minimum atomic E-state index is -0.550. The summed E-state index contributed by atoms with van der Waals surface area (Å²) in [7, 11) is 0. The predicted octanol–water partition coefficient (Wildman–Crippen LogP) is 2.65. The molecule has 0 spiro atoms. The maximum Gasteiger partial charge on any atom is 0.132 e. The first-order chi connectivity index (χ1) is 8.65. The second-order valence-electron chi connectivity index (χ2n) is 4.39. The van der Waals surface area contributed by atoms with E-state index in [9.17, 15) is 5.11 Å². The number of aryl methyl sites for hydroxylation is 1. The van der Waals surface area contributed by atoms with Gasteiger partial charge in [-0.15, -0.1) is 11.3 Å². The minimum absolute atomic E-state index is 0.215. The molecule has 2 heterocycles. The van der Waals surface area contributed by atoms with E-state index in [1.54, 1.807) is 29.7 Å². The number of thiazole rings is 1. The van der Waals surface area contributed by atoms with Gasteiger partial charge < -0.3 is 14.8 Å². The van der Waals surface area contributed by atoms with Crippen LogP contribution in [0.1, 0.15) is 35.1 Å². The summed E-state index contributed by atoms with van der Waals surface area (Å²) in [4.78, 5) is 5.42. The average Bonchev–Trinajstić information content (AvgIpc) is 2.97. The molecule has 0 aromatic carbocycles. The first kappa shape index (κ1) is 13.3. The summed E-state index contributed by atoms with van der Waals surface area (Å²) in [6.45, 7) is 4.84. The van der Waals surface area contributed by atoms with Crippen LogP contribution in [0.15, 0.2) is 29.0 Å². The van der Waals surface area contributed by atoms with E-state index in [2.05, 4.69) is 17.2 Å². The Kier molecular flexibility index (Phi) is 4.52. The van der Waals surface area contributed by atoms with Gasteiger partial charge in [0.1, 0.15) is 11.9 Å². The molecule has 2 atom stereocenters. The molecule has 0 saturated carbocycles. The Bertz CT molecular complexity index is 467. The molecule has 0 aliphatic rings. The molecule has 4 nitrogen and oxygen atoms in total. The molecule has 18 heavy (non-hydrogen) atoms. The summed E-state index contributed by atoms with van der Waals surface area (Å²) in [5.74, 6) is 0.622. The first-order valence-electron chi connectivity index (χ1n) is 6.01. The van der Waals surface area contributed by atoms with E-state index in [1.165, 1.54) is 4.88 Å². The van der Waals surface area contributed by atoms with Crippen molar-refractivity contribution in [2.45, 2.75) is 39.0 Å². The van der Waals surface area contributed by atoms with Crippen molar-refractivity contribution in [3.05, 3.63) is 40.2 Å². The third kappa shape index (κ3) is 3.66. The smallest absolute Gasteiger partial charge is 0.132 e. The highest BCUT2D eigenvalue weighted by atomic mass is 32.1. The van der Waals surface area contributed by atoms with Crippen LogP contribution in [0.25, 0.3) is 0 Å². The lowest BCUT2D eigenvalue weighted by molar-refractivity contribution is 0.128. The molecule has 0 amide bonds. The van der Waals surface area contributed by atoms with Gasteiger partial charge in [0.25, 0.3) is 0 Å². The van der Waals surface area contributed by atoms with Gasteiger partial charge in [-0.1, -0.05) is 0 Å². The van der Waals surface area contributed by atoms with Gasteiger partial charge in [0.2, 0.25) is 0 Å². The number of aromatic nitrogens is 1. The van der Waals surface area contributed by atoms with Gasteiger partial charge in [-0.2, -0.15) is 0 Å². The van der Waals surface area contributed by atoms with E-state index in [0.29, 0.717) is 12.2 Å². The normalized spacial score (nSPS) is 14.6. The van der Waals surface area contributed by atoms with E-state index < -0.39 is 6.10 Å². The van der Waals surface area contributed by atoms with Crippen LogP contribution >= 0.6 is 11.3 Å². The molecule has 5 heteroatoms. The lowest BCUT2D eigenvalue weighted by Gasteiger charge is -2.16. The van der Waals surface area contributed by atoms with Crippen molar-refractivity contribution in [2.24, 2.45) is 0 Å². The van der Waals surface area contributed by atoms with Crippen LogP contribution in [-0.2, 0) is 6.54 Å². The number of furan rings is 1. The summed E-state index contributed by atoms with van der Waals surface area (Å²) < 4.78 is 5.18. The van der Waals surface area contributed by atoms with Crippen LogP contribution in [0.3, 0.4) is 0 Å². The summed E-state index contributed by atoms with van der Waals surface area (Å²) in [6.07, 6.45) is 3.55. The number of aliphatic hydroxyl groups excluding tert-OH is 1. The molecular formula is C13H18N2O2S. The molecule has 0 fully saturated rings.